The molecular formula is C6H4N4O5S. The van der Waals surface area contributed by atoms with Crippen molar-refractivity contribution in [2.24, 2.45) is 4.52 Å². The fraction of sp³-hybridized carbons (Fsp3) is 0. The number of hydrogen-bond acceptors (Lipinski definition) is 5. The van der Waals surface area contributed by atoms with Crippen molar-refractivity contribution in [2.45, 2.75) is 4.90 Å². The number of nitro benzene ring substituents is 1. The number of sulfonamides is 1. The normalized spacial score (nSPS) is 10.5. The second-order valence-electron chi connectivity index (χ2n) is 2.55. The molecule has 1 aromatic carbocycles. The lowest BCUT2D eigenvalue weighted by Gasteiger charge is -1.99. The first kappa shape index (κ1) is 11.8. The first-order chi connectivity index (χ1) is 7.38. The molecule has 0 aliphatic rings. The molecule has 0 radical (unpaired) electrons. The standard InChI is InChI=1S/C6H4N4O5S/c7-8-9-16(14,15)4-1-2-6(11)5(3-4)10(12)13/h1-3,11H. The van der Waals surface area contributed by atoms with E-state index in [2.05, 4.69) is 9.43 Å². The highest BCUT2D eigenvalue weighted by Gasteiger charge is 2.20. The Labute approximate surface area is 88.8 Å². The molecule has 10 heteroatoms. The van der Waals surface area contributed by atoms with Gasteiger partial charge in [-0.3, -0.25) is 10.1 Å². The summed E-state index contributed by atoms with van der Waals surface area (Å²) in [5, 5.41) is 19.5. The van der Waals surface area contributed by atoms with E-state index in [0.29, 0.717) is 6.07 Å². The Morgan fingerprint density at radius 1 is 1.50 bits per heavy atom. The van der Waals surface area contributed by atoms with Crippen molar-refractivity contribution in [3.8, 4) is 5.75 Å². The quantitative estimate of drug-likeness (QED) is 0.280. The molecule has 0 aliphatic carbocycles. The molecule has 0 saturated heterocycles. The van der Waals surface area contributed by atoms with Crippen LogP contribution < -0.4 is 0 Å². The Bertz CT molecular complexity index is 589. The van der Waals surface area contributed by atoms with Crippen LogP contribution in [0.5, 0.6) is 5.75 Å². The topological polar surface area (TPSA) is 146 Å². The van der Waals surface area contributed by atoms with E-state index in [1.807, 2.05) is 0 Å². The average molecular weight is 244 g/mol. The maximum Gasteiger partial charge on any atom is 0.312 e. The Morgan fingerprint density at radius 3 is 2.62 bits per heavy atom. The molecule has 0 fully saturated rings. The van der Waals surface area contributed by atoms with E-state index in [0.717, 1.165) is 12.1 Å². The van der Waals surface area contributed by atoms with Crippen molar-refractivity contribution in [3.63, 3.8) is 0 Å². The third-order valence-electron chi connectivity index (χ3n) is 1.59. The summed E-state index contributed by atoms with van der Waals surface area (Å²) in [5.74, 6) is -0.676. The summed E-state index contributed by atoms with van der Waals surface area (Å²) in [6, 6.07) is 2.34. The van der Waals surface area contributed by atoms with E-state index in [-0.39, 0.29) is 0 Å². The Balaban J connectivity index is 3.45. The Morgan fingerprint density at radius 2 is 2.12 bits per heavy atom. The molecule has 0 saturated carbocycles. The van der Waals surface area contributed by atoms with Crippen LogP contribution >= 0.6 is 0 Å². The van der Waals surface area contributed by atoms with E-state index in [4.69, 9.17) is 10.6 Å². The lowest BCUT2D eigenvalue weighted by atomic mass is 10.3. The number of benzene rings is 1. The number of phenolic OH excluding ortho intramolecular Hbond substituents is 1. The molecule has 0 aromatic heterocycles. The van der Waals surface area contributed by atoms with Crippen molar-refractivity contribution in [1.29, 1.82) is 0 Å². The number of hydrogen-bond donors (Lipinski definition) is 1. The predicted octanol–water partition coefficient (Wildman–Crippen LogP) is 1.30. The van der Waals surface area contributed by atoms with Crippen molar-refractivity contribution in [1.82, 2.24) is 0 Å². The van der Waals surface area contributed by atoms with Crippen LogP contribution in [0, 0.1) is 10.1 Å². The minimum absolute atomic E-state index is 0.560. The van der Waals surface area contributed by atoms with Gasteiger partial charge in [0, 0.05) is 15.5 Å². The van der Waals surface area contributed by atoms with Crippen LogP contribution in [0.4, 0.5) is 5.69 Å². The van der Waals surface area contributed by atoms with Gasteiger partial charge in [0.25, 0.3) is 10.0 Å². The van der Waals surface area contributed by atoms with Gasteiger partial charge in [0.1, 0.15) is 0 Å². The van der Waals surface area contributed by atoms with E-state index in [9.17, 15) is 18.5 Å². The zero-order chi connectivity index (χ0) is 12.3. The van der Waals surface area contributed by atoms with Gasteiger partial charge < -0.3 is 5.11 Å². The maximum absolute atomic E-state index is 11.2. The van der Waals surface area contributed by atoms with Crippen molar-refractivity contribution in [2.75, 3.05) is 0 Å². The van der Waals surface area contributed by atoms with Gasteiger partial charge in [0.05, 0.1) is 9.82 Å². The van der Waals surface area contributed by atoms with E-state index >= 15 is 0 Å². The molecule has 9 nitrogen and oxygen atoms in total. The number of aromatic hydroxyl groups is 1. The van der Waals surface area contributed by atoms with Crippen LogP contribution in [0.2, 0.25) is 0 Å². The van der Waals surface area contributed by atoms with Gasteiger partial charge in [0.2, 0.25) is 0 Å². The average Bonchev–Trinajstić information content (AvgIpc) is 2.17. The number of nitro groups is 1. The van der Waals surface area contributed by atoms with Gasteiger partial charge in [0.15, 0.2) is 5.75 Å². The van der Waals surface area contributed by atoms with Crippen LogP contribution in [0.1, 0.15) is 0 Å². The molecule has 84 valence electrons. The van der Waals surface area contributed by atoms with Crippen LogP contribution in [0.3, 0.4) is 0 Å². The Kier molecular flexibility index (Phi) is 2.97. The fourth-order valence-electron chi connectivity index (χ4n) is 0.905. The number of rotatable bonds is 3. The van der Waals surface area contributed by atoms with Gasteiger partial charge in [-0.15, -0.1) is 0 Å². The highest BCUT2D eigenvalue weighted by Crippen LogP contribution is 2.28. The van der Waals surface area contributed by atoms with Gasteiger partial charge in [-0.05, 0) is 17.7 Å². The van der Waals surface area contributed by atoms with Gasteiger partial charge in [-0.25, -0.2) is 8.42 Å². The molecule has 0 aliphatic heterocycles. The second-order valence-corrected chi connectivity index (χ2v) is 4.14. The van der Waals surface area contributed by atoms with Crippen LogP contribution in [0.15, 0.2) is 27.6 Å². The van der Waals surface area contributed by atoms with E-state index in [1.54, 1.807) is 0 Å². The molecule has 0 heterocycles. The number of nitrogens with zero attached hydrogens (tertiary/aromatic N) is 4. The SMILES string of the molecule is [N-]=[N+]=NS(=O)(=O)c1ccc(O)c([N+](=O)[O-])c1. The highest BCUT2D eigenvalue weighted by molar-refractivity contribution is 7.90. The lowest BCUT2D eigenvalue weighted by Crippen LogP contribution is -1.97. The molecule has 1 aromatic rings. The first-order valence-corrected chi connectivity index (χ1v) is 5.11. The largest absolute Gasteiger partial charge is 0.502 e. The summed E-state index contributed by atoms with van der Waals surface area (Å²) in [6.07, 6.45) is 0. The molecule has 0 spiro atoms. The monoisotopic (exact) mass is 244 g/mol. The molecule has 0 unspecified atom stereocenters. The Hall–Kier alpha value is -2.32. The number of phenols is 1. The third kappa shape index (κ3) is 2.19. The molecule has 0 atom stereocenters. The molecule has 0 bridgehead atoms. The summed E-state index contributed by atoms with van der Waals surface area (Å²) in [6.45, 7) is 0. The summed E-state index contributed by atoms with van der Waals surface area (Å²) in [7, 11) is -4.29. The van der Waals surface area contributed by atoms with Crippen LogP contribution in [-0.4, -0.2) is 18.4 Å². The zero-order valence-corrected chi connectivity index (χ0v) is 8.33. The summed E-state index contributed by atoms with van der Waals surface area (Å²) in [5.41, 5.74) is 7.21. The van der Waals surface area contributed by atoms with Gasteiger partial charge >= 0.3 is 5.69 Å². The molecule has 1 rings (SSSR count). The van der Waals surface area contributed by atoms with E-state index < -0.39 is 31.3 Å². The minimum atomic E-state index is -4.29. The summed E-state index contributed by atoms with van der Waals surface area (Å²) in [4.78, 5) is 11.0. The molecule has 0 amide bonds. The zero-order valence-electron chi connectivity index (χ0n) is 7.51. The summed E-state index contributed by atoms with van der Waals surface area (Å²) >= 11 is 0. The summed E-state index contributed by atoms with van der Waals surface area (Å²) < 4.78 is 24.9. The van der Waals surface area contributed by atoms with Crippen molar-refractivity contribution < 1.29 is 18.4 Å². The van der Waals surface area contributed by atoms with Crippen molar-refractivity contribution >= 4 is 15.7 Å². The lowest BCUT2D eigenvalue weighted by molar-refractivity contribution is -0.386. The minimum Gasteiger partial charge on any atom is -0.502 e. The second kappa shape index (κ2) is 4.04. The smallest absolute Gasteiger partial charge is 0.312 e. The van der Waals surface area contributed by atoms with E-state index in [1.165, 1.54) is 0 Å². The first-order valence-electron chi connectivity index (χ1n) is 3.67. The third-order valence-corrected chi connectivity index (χ3v) is 2.72. The molecule has 16 heavy (non-hydrogen) atoms. The van der Waals surface area contributed by atoms with Crippen molar-refractivity contribution in [3.05, 3.63) is 38.8 Å². The maximum atomic E-state index is 11.2. The molecular weight excluding hydrogens is 240 g/mol. The van der Waals surface area contributed by atoms with Crippen LogP contribution in [-0.2, 0) is 10.0 Å². The van der Waals surface area contributed by atoms with Gasteiger partial charge in [-0.1, -0.05) is 0 Å². The van der Waals surface area contributed by atoms with Crippen LogP contribution in [0.25, 0.3) is 10.4 Å². The fourth-order valence-corrected chi connectivity index (χ4v) is 1.60. The highest BCUT2D eigenvalue weighted by atomic mass is 32.2. The molecule has 1 N–H and O–H groups in total. The van der Waals surface area contributed by atoms with Gasteiger partial charge in [-0.2, -0.15) is 0 Å². The number of azide groups is 1. The predicted molar refractivity (Wildman–Crippen MR) is 51.1 cm³/mol.